The molecule has 2 unspecified atom stereocenters. The van der Waals surface area contributed by atoms with Gasteiger partial charge in [-0.15, -0.1) is 5.10 Å². The number of aromatic nitrogens is 6. The fraction of sp³-hybridized carbons (Fsp3) is 0.579. The van der Waals surface area contributed by atoms with Crippen LogP contribution in [0.2, 0.25) is 5.28 Å². The van der Waals surface area contributed by atoms with Crippen LogP contribution in [0, 0.1) is 24.0 Å². The first kappa shape index (κ1) is 23.8. The van der Waals surface area contributed by atoms with Crippen molar-refractivity contribution in [1.29, 1.82) is 0 Å². The molecule has 0 saturated heterocycles. The molecular weight excluding hydrogens is 442 g/mol. The third-order valence-corrected chi connectivity index (χ3v) is 5.36. The van der Waals surface area contributed by atoms with Gasteiger partial charge in [-0.2, -0.15) is 10.1 Å². The number of aliphatic hydroxyl groups is 1. The number of hydrogen-bond acceptors (Lipinski definition) is 9. The Morgan fingerprint density at radius 2 is 2.09 bits per heavy atom. The lowest BCUT2D eigenvalue weighted by Gasteiger charge is -2.16. The number of nitro groups is 1. The molecule has 12 nitrogen and oxygen atoms in total. The van der Waals surface area contributed by atoms with E-state index in [9.17, 15) is 15.2 Å². The van der Waals surface area contributed by atoms with Gasteiger partial charge in [0.1, 0.15) is 18.4 Å². The summed E-state index contributed by atoms with van der Waals surface area (Å²) in [6.45, 7) is 5.74. The molecule has 0 aliphatic rings. The zero-order valence-electron chi connectivity index (χ0n) is 18.4. The molecule has 3 heterocycles. The molecule has 3 aromatic rings. The van der Waals surface area contributed by atoms with Crippen LogP contribution in [0.25, 0.3) is 11.0 Å². The fourth-order valence-corrected chi connectivity index (χ4v) is 3.67. The standard InChI is InChI=1S/C19H26ClN7O5/c1-5-13(6-7-31-4)26-12(3)16(27(29)30)18(24-26)32-10-14(28)9-25-17-15(11(2)23-25)8-21-19(20)22-17/h8,13-14,28H,5-7,9-10H2,1-4H3. The second-order valence-corrected chi connectivity index (χ2v) is 7.73. The highest BCUT2D eigenvalue weighted by atomic mass is 35.5. The maximum Gasteiger partial charge on any atom is 0.352 e. The van der Waals surface area contributed by atoms with Crippen molar-refractivity contribution in [1.82, 2.24) is 29.5 Å². The van der Waals surface area contributed by atoms with Crippen LogP contribution in [0.15, 0.2) is 6.20 Å². The number of halogens is 1. The number of aliphatic hydroxyl groups excluding tert-OH is 1. The largest absolute Gasteiger partial charge is 0.469 e. The van der Waals surface area contributed by atoms with Crippen LogP contribution < -0.4 is 4.74 Å². The number of fused-ring (bicyclic) bond motifs is 1. The van der Waals surface area contributed by atoms with Crippen molar-refractivity contribution in [3.8, 4) is 5.88 Å². The molecule has 32 heavy (non-hydrogen) atoms. The van der Waals surface area contributed by atoms with Gasteiger partial charge >= 0.3 is 11.6 Å². The quantitative estimate of drug-likeness (QED) is 0.255. The number of hydrogen-bond donors (Lipinski definition) is 1. The summed E-state index contributed by atoms with van der Waals surface area (Å²) in [5.41, 5.74) is 1.35. The van der Waals surface area contributed by atoms with E-state index in [1.807, 2.05) is 6.92 Å². The highest BCUT2D eigenvalue weighted by Crippen LogP contribution is 2.33. The van der Waals surface area contributed by atoms with Gasteiger partial charge in [-0.05, 0) is 38.3 Å². The predicted octanol–water partition coefficient (Wildman–Crippen LogP) is 2.63. The van der Waals surface area contributed by atoms with Crippen molar-refractivity contribution in [2.45, 2.75) is 52.3 Å². The molecule has 0 bridgehead atoms. The third kappa shape index (κ3) is 4.97. The van der Waals surface area contributed by atoms with Crippen LogP contribution in [0.3, 0.4) is 0 Å². The van der Waals surface area contributed by atoms with Gasteiger partial charge in [0.2, 0.25) is 5.28 Å². The van der Waals surface area contributed by atoms with Gasteiger partial charge in [0.05, 0.1) is 28.6 Å². The fourth-order valence-electron chi connectivity index (χ4n) is 3.54. The molecular formula is C19H26ClN7O5. The van der Waals surface area contributed by atoms with Crippen LogP contribution in [-0.4, -0.2) is 66.0 Å². The molecule has 3 aromatic heterocycles. The van der Waals surface area contributed by atoms with Gasteiger partial charge in [-0.25, -0.2) is 9.67 Å². The first-order chi connectivity index (χ1) is 15.3. The van der Waals surface area contributed by atoms with Crippen molar-refractivity contribution in [3.05, 3.63) is 33.0 Å². The molecule has 0 saturated carbocycles. The van der Waals surface area contributed by atoms with Crippen molar-refractivity contribution < 1.29 is 19.5 Å². The molecule has 13 heteroatoms. The SMILES string of the molecule is CCC(CCOC)n1nc(OCC(O)Cn2nc(C)c3cnc(Cl)nc32)c([N+](=O)[O-])c1C. The summed E-state index contributed by atoms with van der Waals surface area (Å²) in [7, 11) is 1.60. The summed E-state index contributed by atoms with van der Waals surface area (Å²) >= 11 is 5.88. The number of rotatable bonds is 11. The first-order valence-electron chi connectivity index (χ1n) is 10.2. The Labute approximate surface area is 189 Å². The molecule has 0 radical (unpaired) electrons. The lowest BCUT2D eigenvalue weighted by atomic mass is 10.1. The molecule has 0 amide bonds. The number of nitrogens with zero attached hydrogens (tertiary/aromatic N) is 7. The van der Waals surface area contributed by atoms with E-state index in [0.29, 0.717) is 35.4 Å². The van der Waals surface area contributed by atoms with Crippen molar-refractivity contribution in [2.75, 3.05) is 20.3 Å². The van der Waals surface area contributed by atoms with Crippen LogP contribution in [0.4, 0.5) is 5.69 Å². The Balaban J connectivity index is 1.77. The molecule has 2 atom stereocenters. The van der Waals surface area contributed by atoms with Gasteiger partial charge in [0.25, 0.3) is 0 Å². The lowest BCUT2D eigenvalue weighted by molar-refractivity contribution is -0.386. The molecule has 0 fully saturated rings. The van der Waals surface area contributed by atoms with Crippen molar-refractivity contribution >= 4 is 28.3 Å². The Kier molecular flexibility index (Phi) is 7.59. The monoisotopic (exact) mass is 467 g/mol. The average Bonchev–Trinajstić information content (AvgIpc) is 3.23. The van der Waals surface area contributed by atoms with Crippen LogP contribution >= 0.6 is 11.6 Å². The molecule has 0 aromatic carbocycles. The lowest BCUT2D eigenvalue weighted by Crippen LogP contribution is -2.24. The van der Waals surface area contributed by atoms with E-state index < -0.39 is 11.0 Å². The number of aryl methyl sites for hydroxylation is 1. The summed E-state index contributed by atoms with van der Waals surface area (Å²) < 4.78 is 13.8. The minimum atomic E-state index is -1.02. The Bertz CT molecular complexity index is 1100. The van der Waals surface area contributed by atoms with Crippen LogP contribution in [0.5, 0.6) is 5.88 Å². The van der Waals surface area contributed by atoms with Crippen molar-refractivity contribution in [2.24, 2.45) is 0 Å². The first-order valence-corrected chi connectivity index (χ1v) is 10.5. The summed E-state index contributed by atoms with van der Waals surface area (Å²) in [5.74, 6) is -0.130. The summed E-state index contributed by atoms with van der Waals surface area (Å²) in [4.78, 5) is 19.2. The second-order valence-electron chi connectivity index (χ2n) is 7.39. The molecule has 174 valence electrons. The zero-order valence-corrected chi connectivity index (χ0v) is 19.1. The van der Waals surface area contributed by atoms with E-state index in [1.165, 1.54) is 4.68 Å². The topological polar surface area (TPSA) is 143 Å². The van der Waals surface area contributed by atoms with E-state index in [1.54, 1.807) is 31.8 Å². The normalized spacial score (nSPS) is 13.4. The van der Waals surface area contributed by atoms with Gasteiger partial charge in [-0.3, -0.25) is 14.8 Å². The summed E-state index contributed by atoms with van der Waals surface area (Å²) in [6.07, 6.45) is 1.93. The van der Waals surface area contributed by atoms with E-state index >= 15 is 0 Å². The summed E-state index contributed by atoms with van der Waals surface area (Å²) in [5, 5.41) is 31.6. The minimum Gasteiger partial charge on any atom is -0.469 e. The Hall–Kier alpha value is -2.83. The van der Waals surface area contributed by atoms with Gasteiger partial charge < -0.3 is 14.6 Å². The maximum atomic E-state index is 11.6. The predicted molar refractivity (Wildman–Crippen MR) is 116 cm³/mol. The average molecular weight is 468 g/mol. The van der Waals surface area contributed by atoms with Crippen molar-refractivity contribution in [3.63, 3.8) is 0 Å². The number of ether oxygens (including phenoxy) is 2. The van der Waals surface area contributed by atoms with Gasteiger partial charge in [-0.1, -0.05) is 6.92 Å². The van der Waals surface area contributed by atoms with Crippen LogP contribution in [-0.2, 0) is 11.3 Å². The zero-order chi connectivity index (χ0) is 23.4. The van der Waals surface area contributed by atoms with Gasteiger partial charge in [0.15, 0.2) is 5.65 Å². The molecule has 0 spiro atoms. The second kappa shape index (κ2) is 10.2. The summed E-state index contributed by atoms with van der Waals surface area (Å²) in [6, 6.07) is -0.0706. The van der Waals surface area contributed by atoms with E-state index in [0.717, 1.165) is 6.42 Å². The van der Waals surface area contributed by atoms with E-state index in [4.69, 9.17) is 21.1 Å². The minimum absolute atomic E-state index is 0.0522. The molecule has 0 aliphatic carbocycles. The maximum absolute atomic E-state index is 11.6. The Morgan fingerprint density at radius 1 is 1.34 bits per heavy atom. The highest BCUT2D eigenvalue weighted by Gasteiger charge is 2.29. The van der Waals surface area contributed by atoms with E-state index in [-0.39, 0.29) is 36.0 Å². The van der Waals surface area contributed by atoms with Gasteiger partial charge in [0, 0.05) is 19.9 Å². The van der Waals surface area contributed by atoms with Crippen LogP contribution in [0.1, 0.15) is 37.2 Å². The molecule has 3 rings (SSSR count). The third-order valence-electron chi connectivity index (χ3n) is 5.18. The smallest absolute Gasteiger partial charge is 0.352 e. The van der Waals surface area contributed by atoms with E-state index in [2.05, 4.69) is 20.2 Å². The molecule has 1 N–H and O–H groups in total. The highest BCUT2D eigenvalue weighted by molar-refractivity contribution is 6.28. The Morgan fingerprint density at radius 3 is 2.75 bits per heavy atom. The molecule has 0 aliphatic heterocycles. The number of methoxy groups -OCH3 is 1.